The third kappa shape index (κ3) is 3.95. The first-order valence-electron chi connectivity index (χ1n) is 9.83. The second-order valence-electron chi connectivity index (χ2n) is 9.30. The lowest BCUT2D eigenvalue weighted by Crippen LogP contribution is -2.29. The van der Waals surface area contributed by atoms with E-state index in [1.807, 2.05) is 5.57 Å². The van der Waals surface area contributed by atoms with Gasteiger partial charge in [0.1, 0.15) is 5.75 Å². The average Bonchev–Trinajstić information content (AvgIpc) is 2.94. The van der Waals surface area contributed by atoms with Crippen molar-refractivity contribution in [1.29, 1.82) is 0 Å². The summed E-state index contributed by atoms with van der Waals surface area (Å²) in [4.78, 5) is 0. The highest BCUT2D eigenvalue weighted by Crippen LogP contribution is 2.57. The van der Waals surface area contributed by atoms with Crippen LogP contribution in [0.4, 0.5) is 0 Å². The van der Waals surface area contributed by atoms with Crippen molar-refractivity contribution in [2.24, 2.45) is 11.3 Å². The van der Waals surface area contributed by atoms with Crippen LogP contribution in [-0.2, 0) is 6.42 Å². The van der Waals surface area contributed by atoms with Crippen LogP contribution in [0.1, 0.15) is 77.3 Å². The Morgan fingerprint density at radius 3 is 2.52 bits per heavy atom. The van der Waals surface area contributed by atoms with Gasteiger partial charge in [-0.15, -0.1) is 0 Å². The third-order valence-electron chi connectivity index (χ3n) is 6.14. The Bertz CT molecular complexity index is 659. The summed E-state index contributed by atoms with van der Waals surface area (Å²) in [5.74, 6) is 1.89. The van der Waals surface area contributed by atoms with E-state index < -0.39 is 5.60 Å². The minimum atomic E-state index is -0.500. The number of ether oxygens (including phenoxy) is 1. The summed E-state index contributed by atoms with van der Waals surface area (Å²) in [5.41, 5.74) is 6.65. The topological polar surface area (TPSA) is 29.5 Å². The van der Waals surface area contributed by atoms with Crippen LogP contribution in [0.15, 0.2) is 23.8 Å². The van der Waals surface area contributed by atoms with Crippen molar-refractivity contribution in [3.05, 3.63) is 34.9 Å². The monoisotopic (exact) mass is 342 g/mol. The van der Waals surface area contributed by atoms with Gasteiger partial charge in [0.05, 0.1) is 12.7 Å². The van der Waals surface area contributed by atoms with E-state index in [9.17, 15) is 0 Å². The van der Waals surface area contributed by atoms with Crippen LogP contribution >= 0.6 is 0 Å². The van der Waals surface area contributed by atoms with Gasteiger partial charge >= 0.3 is 0 Å². The van der Waals surface area contributed by atoms with Gasteiger partial charge in [-0.05, 0) is 99.5 Å². The van der Waals surface area contributed by atoms with Crippen molar-refractivity contribution in [3.8, 4) is 5.75 Å². The molecule has 1 N–H and O–H groups in total. The molecular weight excluding hydrogens is 308 g/mol. The number of methoxy groups -OCH3 is 1. The molecule has 0 aromatic heterocycles. The van der Waals surface area contributed by atoms with E-state index in [0.29, 0.717) is 5.41 Å². The number of rotatable bonds is 1. The second kappa shape index (κ2) is 6.79. The van der Waals surface area contributed by atoms with E-state index in [1.54, 1.807) is 33.5 Å². The molecule has 1 fully saturated rings. The highest BCUT2D eigenvalue weighted by molar-refractivity contribution is 5.75. The molecule has 2 nitrogen and oxygen atoms in total. The van der Waals surface area contributed by atoms with Gasteiger partial charge in [-0.25, -0.2) is 0 Å². The maximum Gasteiger partial charge on any atom is 0.119 e. The minimum Gasteiger partial charge on any atom is -0.497 e. The van der Waals surface area contributed by atoms with Crippen molar-refractivity contribution < 1.29 is 9.84 Å². The van der Waals surface area contributed by atoms with Crippen LogP contribution in [0.25, 0.3) is 5.57 Å². The summed E-state index contributed by atoms with van der Waals surface area (Å²) in [7, 11) is 1.76. The second-order valence-corrected chi connectivity index (χ2v) is 9.30. The fourth-order valence-electron chi connectivity index (χ4n) is 5.01. The van der Waals surface area contributed by atoms with Crippen LogP contribution in [-0.4, -0.2) is 17.8 Å². The Balaban J connectivity index is 0.000000324. The lowest BCUT2D eigenvalue weighted by atomic mass is 9.63. The van der Waals surface area contributed by atoms with Gasteiger partial charge in [0.15, 0.2) is 0 Å². The van der Waals surface area contributed by atoms with Gasteiger partial charge in [-0.1, -0.05) is 25.0 Å². The molecule has 0 aliphatic heterocycles. The quantitative estimate of drug-likeness (QED) is 0.702. The van der Waals surface area contributed by atoms with Gasteiger partial charge < -0.3 is 9.84 Å². The Kier molecular flexibility index (Phi) is 5.03. The SMILES string of the molecule is CC(C)(C)O.COc1ccc2c(c1)CCC1=C2CC[C@@]2(C)CCCC12. The maximum absolute atomic E-state index is 8.52. The van der Waals surface area contributed by atoms with E-state index >= 15 is 0 Å². The summed E-state index contributed by atoms with van der Waals surface area (Å²) in [5, 5.41) is 8.52. The fraction of sp³-hybridized carbons (Fsp3) is 0.652. The van der Waals surface area contributed by atoms with E-state index in [2.05, 4.69) is 25.1 Å². The Labute approximate surface area is 153 Å². The average molecular weight is 343 g/mol. The first kappa shape index (κ1) is 18.5. The Morgan fingerprint density at radius 1 is 1.12 bits per heavy atom. The lowest BCUT2D eigenvalue weighted by molar-refractivity contribution is 0.102. The van der Waals surface area contributed by atoms with Crippen LogP contribution in [0.3, 0.4) is 0 Å². The molecule has 0 bridgehead atoms. The van der Waals surface area contributed by atoms with Crippen molar-refractivity contribution in [2.75, 3.05) is 7.11 Å². The van der Waals surface area contributed by atoms with Crippen LogP contribution in [0.2, 0.25) is 0 Å². The van der Waals surface area contributed by atoms with E-state index in [0.717, 1.165) is 11.7 Å². The standard InChI is InChI=1S/C19H24O.C4H10O/c1-19-10-3-4-18(19)17-7-5-13-12-14(20-2)6-8-15(13)16(17)9-11-19;1-4(2,3)5/h6,8,12,18H,3-5,7,9-11H2,1-2H3;5H,1-3H3/t18?,19-;/m1./s1. The fourth-order valence-corrected chi connectivity index (χ4v) is 5.01. The van der Waals surface area contributed by atoms with Crippen LogP contribution in [0, 0.1) is 11.3 Å². The third-order valence-corrected chi connectivity index (χ3v) is 6.14. The number of allylic oxidation sites excluding steroid dienone is 2. The van der Waals surface area contributed by atoms with E-state index in [1.165, 1.54) is 56.1 Å². The molecule has 0 amide bonds. The molecule has 0 spiro atoms. The van der Waals surface area contributed by atoms with Gasteiger partial charge in [0.2, 0.25) is 0 Å². The smallest absolute Gasteiger partial charge is 0.119 e. The molecule has 1 aromatic rings. The first-order chi connectivity index (χ1) is 11.7. The Hall–Kier alpha value is -1.28. The molecule has 4 rings (SSSR count). The number of benzene rings is 1. The van der Waals surface area contributed by atoms with Gasteiger partial charge in [0.25, 0.3) is 0 Å². The zero-order valence-corrected chi connectivity index (χ0v) is 16.6. The molecule has 2 heteroatoms. The van der Waals surface area contributed by atoms with Gasteiger partial charge in [-0.3, -0.25) is 0 Å². The lowest BCUT2D eigenvalue weighted by Gasteiger charge is -2.42. The molecule has 25 heavy (non-hydrogen) atoms. The number of aryl methyl sites for hydroxylation is 1. The summed E-state index contributed by atoms with van der Waals surface area (Å²) >= 11 is 0. The molecule has 1 aromatic carbocycles. The van der Waals surface area contributed by atoms with Crippen molar-refractivity contribution in [3.63, 3.8) is 0 Å². The number of fused-ring (bicyclic) bond motifs is 4. The number of aliphatic hydroxyl groups is 1. The van der Waals surface area contributed by atoms with Crippen molar-refractivity contribution in [2.45, 2.75) is 78.2 Å². The molecule has 3 aliphatic rings. The molecule has 3 aliphatic carbocycles. The Morgan fingerprint density at radius 2 is 1.84 bits per heavy atom. The number of hydrogen-bond donors (Lipinski definition) is 1. The summed E-state index contributed by atoms with van der Waals surface area (Å²) in [6.07, 6.45) is 9.50. The molecular formula is C23H34O2. The molecule has 0 saturated heterocycles. The first-order valence-corrected chi connectivity index (χ1v) is 9.83. The normalized spacial score (nSPS) is 27.7. The number of hydrogen-bond acceptors (Lipinski definition) is 2. The van der Waals surface area contributed by atoms with Crippen LogP contribution < -0.4 is 4.74 Å². The summed E-state index contributed by atoms with van der Waals surface area (Å²) in [6.45, 7) is 7.77. The van der Waals surface area contributed by atoms with E-state index in [4.69, 9.17) is 9.84 Å². The highest BCUT2D eigenvalue weighted by Gasteiger charge is 2.44. The molecule has 1 unspecified atom stereocenters. The highest BCUT2D eigenvalue weighted by atomic mass is 16.5. The van der Waals surface area contributed by atoms with Gasteiger partial charge in [0, 0.05) is 0 Å². The maximum atomic E-state index is 8.52. The molecule has 138 valence electrons. The zero-order chi connectivity index (χ0) is 18.2. The predicted octanol–water partition coefficient (Wildman–Crippen LogP) is 5.77. The van der Waals surface area contributed by atoms with Crippen LogP contribution in [0.5, 0.6) is 5.75 Å². The summed E-state index contributed by atoms with van der Waals surface area (Å²) < 4.78 is 5.39. The molecule has 0 heterocycles. The summed E-state index contributed by atoms with van der Waals surface area (Å²) in [6, 6.07) is 6.69. The molecule has 0 radical (unpaired) electrons. The van der Waals surface area contributed by atoms with E-state index in [-0.39, 0.29) is 0 Å². The zero-order valence-electron chi connectivity index (χ0n) is 16.6. The largest absolute Gasteiger partial charge is 0.497 e. The molecule has 2 atom stereocenters. The minimum absolute atomic E-state index is 0.500. The predicted molar refractivity (Wildman–Crippen MR) is 105 cm³/mol. The molecule has 1 saturated carbocycles. The van der Waals surface area contributed by atoms with Crippen molar-refractivity contribution >= 4 is 5.57 Å². The van der Waals surface area contributed by atoms with Gasteiger partial charge in [-0.2, -0.15) is 0 Å². The van der Waals surface area contributed by atoms with Crippen molar-refractivity contribution in [1.82, 2.24) is 0 Å².